The fourth-order valence-electron chi connectivity index (χ4n) is 2.39. The molecule has 1 aliphatic heterocycles. The van der Waals surface area contributed by atoms with E-state index in [1.807, 2.05) is 26.8 Å². The highest BCUT2D eigenvalue weighted by Crippen LogP contribution is 2.23. The summed E-state index contributed by atoms with van der Waals surface area (Å²) in [5, 5.41) is 9.19. The number of rotatable bonds is 3. The zero-order chi connectivity index (χ0) is 15.6. The minimum Gasteiger partial charge on any atom is -0.478 e. The van der Waals surface area contributed by atoms with E-state index in [0.29, 0.717) is 25.1 Å². The molecule has 0 aromatic heterocycles. The first-order valence-corrected chi connectivity index (χ1v) is 7.04. The van der Waals surface area contributed by atoms with Gasteiger partial charge in [-0.3, -0.25) is 4.79 Å². The number of carbonyl (C=O) groups excluding carboxylic acids is 1. The lowest BCUT2D eigenvalue weighted by atomic mass is 9.94. The zero-order valence-corrected chi connectivity index (χ0v) is 12.7. The van der Waals surface area contributed by atoms with E-state index in [0.717, 1.165) is 11.1 Å². The Bertz CT molecular complexity index is 560. The number of carboxylic acids is 1. The van der Waals surface area contributed by atoms with Crippen molar-refractivity contribution in [3.63, 3.8) is 0 Å². The Morgan fingerprint density at radius 2 is 2.05 bits per heavy atom. The molecule has 5 nitrogen and oxygen atoms in total. The molecule has 0 radical (unpaired) electrons. The van der Waals surface area contributed by atoms with Gasteiger partial charge in [0.25, 0.3) is 0 Å². The van der Waals surface area contributed by atoms with Crippen LogP contribution < -0.4 is 0 Å². The molecule has 0 spiro atoms. The lowest BCUT2D eigenvalue weighted by molar-refractivity contribution is -0.141. The normalized spacial score (nSPS) is 14.7. The molecule has 1 aromatic rings. The third kappa shape index (κ3) is 3.82. The van der Waals surface area contributed by atoms with Crippen molar-refractivity contribution in [2.75, 3.05) is 13.2 Å². The fourth-order valence-corrected chi connectivity index (χ4v) is 2.39. The van der Waals surface area contributed by atoms with Crippen molar-refractivity contribution in [3.8, 4) is 0 Å². The third-order valence-electron chi connectivity index (χ3n) is 3.48. The number of fused-ring (bicyclic) bond motifs is 1. The topological polar surface area (TPSA) is 66.8 Å². The van der Waals surface area contributed by atoms with Crippen LogP contribution in [0.1, 0.15) is 42.3 Å². The van der Waals surface area contributed by atoms with E-state index in [9.17, 15) is 14.7 Å². The Kier molecular flexibility index (Phi) is 4.32. The predicted octanol–water partition coefficient (Wildman–Crippen LogP) is 2.08. The highest BCUT2D eigenvalue weighted by atomic mass is 16.5. The fraction of sp³-hybridized carbons (Fsp3) is 0.500. The maximum Gasteiger partial charge on any atom is 0.335 e. The average Bonchev–Trinajstić information content (AvgIpc) is 2.42. The second kappa shape index (κ2) is 5.85. The van der Waals surface area contributed by atoms with Gasteiger partial charge in [-0.05, 0) is 44.4 Å². The predicted molar refractivity (Wildman–Crippen MR) is 78.2 cm³/mol. The van der Waals surface area contributed by atoms with Crippen LogP contribution in [-0.2, 0) is 22.5 Å². The standard InChI is InChI=1S/C16H21NO4/c1-16(2,3)21-10-14(18)17-8-7-12-11(9-17)5-4-6-13(12)15(19)20/h4-6H,7-10H2,1-3H3,(H,19,20). The smallest absolute Gasteiger partial charge is 0.335 e. The van der Waals surface area contributed by atoms with E-state index in [-0.39, 0.29) is 18.1 Å². The van der Waals surface area contributed by atoms with Crippen LogP contribution in [-0.4, -0.2) is 40.6 Å². The number of ether oxygens (including phenoxy) is 1. The molecule has 1 heterocycles. The molecule has 1 aliphatic rings. The summed E-state index contributed by atoms with van der Waals surface area (Å²) in [6, 6.07) is 5.22. The monoisotopic (exact) mass is 291 g/mol. The van der Waals surface area contributed by atoms with Gasteiger partial charge >= 0.3 is 5.97 Å². The molecule has 0 saturated carbocycles. The van der Waals surface area contributed by atoms with Gasteiger partial charge in [0.15, 0.2) is 0 Å². The van der Waals surface area contributed by atoms with Crippen molar-refractivity contribution in [1.82, 2.24) is 4.90 Å². The molecule has 1 N–H and O–H groups in total. The van der Waals surface area contributed by atoms with Gasteiger partial charge in [0.05, 0.1) is 11.2 Å². The summed E-state index contributed by atoms with van der Waals surface area (Å²) in [6.07, 6.45) is 0.569. The van der Waals surface area contributed by atoms with E-state index in [1.54, 1.807) is 17.0 Å². The van der Waals surface area contributed by atoms with Crippen molar-refractivity contribution < 1.29 is 19.4 Å². The molecule has 1 amide bonds. The molecule has 2 rings (SSSR count). The second-order valence-corrected chi connectivity index (χ2v) is 6.21. The highest BCUT2D eigenvalue weighted by Gasteiger charge is 2.25. The summed E-state index contributed by atoms with van der Waals surface area (Å²) in [7, 11) is 0. The first kappa shape index (κ1) is 15.5. The number of nitrogens with zero attached hydrogens (tertiary/aromatic N) is 1. The van der Waals surface area contributed by atoms with Gasteiger partial charge < -0.3 is 14.7 Å². The maximum atomic E-state index is 12.2. The number of hydrogen-bond donors (Lipinski definition) is 1. The first-order chi connectivity index (χ1) is 9.78. The minimum absolute atomic E-state index is 0.0530. The number of amides is 1. The van der Waals surface area contributed by atoms with Crippen LogP contribution >= 0.6 is 0 Å². The van der Waals surface area contributed by atoms with E-state index in [1.165, 1.54) is 0 Å². The molecule has 1 aromatic carbocycles. The number of benzene rings is 1. The van der Waals surface area contributed by atoms with Crippen LogP contribution in [0.3, 0.4) is 0 Å². The van der Waals surface area contributed by atoms with Gasteiger partial charge in [-0.1, -0.05) is 12.1 Å². The van der Waals surface area contributed by atoms with Crippen LogP contribution in [0.5, 0.6) is 0 Å². The number of carboxylic acid groups (broad SMARTS) is 1. The largest absolute Gasteiger partial charge is 0.478 e. The summed E-state index contributed by atoms with van der Waals surface area (Å²) >= 11 is 0. The van der Waals surface area contributed by atoms with Crippen LogP contribution in [0.25, 0.3) is 0 Å². The van der Waals surface area contributed by atoms with Crippen LogP contribution in [0.2, 0.25) is 0 Å². The van der Waals surface area contributed by atoms with Crippen LogP contribution in [0.15, 0.2) is 18.2 Å². The Balaban J connectivity index is 2.08. The lowest BCUT2D eigenvalue weighted by Crippen LogP contribution is -2.40. The minimum atomic E-state index is -0.914. The Morgan fingerprint density at radius 3 is 2.67 bits per heavy atom. The van der Waals surface area contributed by atoms with Gasteiger partial charge in [0, 0.05) is 13.1 Å². The van der Waals surface area contributed by atoms with E-state index < -0.39 is 5.97 Å². The van der Waals surface area contributed by atoms with Crippen molar-refractivity contribution >= 4 is 11.9 Å². The molecule has 114 valence electrons. The summed E-state index contributed by atoms with van der Waals surface area (Å²) < 4.78 is 5.51. The lowest BCUT2D eigenvalue weighted by Gasteiger charge is -2.30. The van der Waals surface area contributed by atoms with E-state index >= 15 is 0 Å². The molecule has 5 heteroatoms. The van der Waals surface area contributed by atoms with Crippen molar-refractivity contribution in [2.24, 2.45) is 0 Å². The molecule has 21 heavy (non-hydrogen) atoms. The van der Waals surface area contributed by atoms with Gasteiger partial charge in [-0.2, -0.15) is 0 Å². The molecule has 0 fully saturated rings. The van der Waals surface area contributed by atoms with Gasteiger partial charge in [-0.25, -0.2) is 4.79 Å². The molecular weight excluding hydrogens is 270 g/mol. The molecule has 0 aliphatic carbocycles. The third-order valence-corrected chi connectivity index (χ3v) is 3.48. The van der Waals surface area contributed by atoms with Crippen LogP contribution in [0, 0.1) is 0 Å². The quantitative estimate of drug-likeness (QED) is 0.926. The van der Waals surface area contributed by atoms with Gasteiger partial charge in [-0.15, -0.1) is 0 Å². The summed E-state index contributed by atoms with van der Waals surface area (Å²) in [6.45, 7) is 6.75. The molecule has 0 atom stereocenters. The molecule has 0 bridgehead atoms. The second-order valence-electron chi connectivity index (χ2n) is 6.21. The van der Waals surface area contributed by atoms with E-state index in [4.69, 9.17) is 4.74 Å². The van der Waals surface area contributed by atoms with Crippen molar-refractivity contribution in [1.29, 1.82) is 0 Å². The van der Waals surface area contributed by atoms with Gasteiger partial charge in [0.2, 0.25) is 5.91 Å². The van der Waals surface area contributed by atoms with E-state index in [2.05, 4.69) is 0 Å². The van der Waals surface area contributed by atoms with Gasteiger partial charge in [0.1, 0.15) is 6.61 Å². The molecule has 0 saturated heterocycles. The number of carbonyl (C=O) groups is 2. The number of hydrogen-bond acceptors (Lipinski definition) is 3. The van der Waals surface area contributed by atoms with Crippen molar-refractivity contribution in [2.45, 2.75) is 39.3 Å². The maximum absolute atomic E-state index is 12.2. The Labute approximate surface area is 124 Å². The summed E-state index contributed by atoms with van der Waals surface area (Å²) in [5.41, 5.74) is 1.74. The highest BCUT2D eigenvalue weighted by molar-refractivity contribution is 5.90. The van der Waals surface area contributed by atoms with Crippen molar-refractivity contribution in [3.05, 3.63) is 34.9 Å². The zero-order valence-electron chi connectivity index (χ0n) is 12.7. The summed E-state index contributed by atoms with van der Waals surface area (Å²) in [5.74, 6) is -0.973. The number of aromatic carboxylic acids is 1. The summed E-state index contributed by atoms with van der Waals surface area (Å²) in [4.78, 5) is 25.1. The Morgan fingerprint density at radius 1 is 1.33 bits per heavy atom. The average molecular weight is 291 g/mol. The Hall–Kier alpha value is -1.88. The van der Waals surface area contributed by atoms with Crippen LogP contribution in [0.4, 0.5) is 0 Å². The molecule has 0 unspecified atom stereocenters. The SMILES string of the molecule is CC(C)(C)OCC(=O)N1CCc2c(cccc2C(=O)O)C1. The molecular formula is C16H21NO4. The first-order valence-electron chi connectivity index (χ1n) is 7.04.